The monoisotopic (exact) mass is 591 g/mol. The molecule has 4 aromatic rings. The highest BCUT2D eigenvalue weighted by molar-refractivity contribution is 5.31. The Labute approximate surface area is 269 Å². The van der Waals surface area contributed by atoms with Gasteiger partial charge in [-0.2, -0.15) is 0 Å². The average molecular weight is 592 g/mol. The van der Waals surface area contributed by atoms with Gasteiger partial charge >= 0.3 is 0 Å². The highest BCUT2D eigenvalue weighted by atomic mass is 15.1. The summed E-state index contributed by atoms with van der Waals surface area (Å²) in [5, 5.41) is 0. The Balaban J connectivity index is 1.34. The lowest BCUT2D eigenvalue weighted by Gasteiger charge is -2.37. The van der Waals surface area contributed by atoms with Gasteiger partial charge in [-0.15, -0.1) is 0 Å². The van der Waals surface area contributed by atoms with E-state index in [1.165, 1.54) is 120 Å². The van der Waals surface area contributed by atoms with Gasteiger partial charge in [0, 0.05) is 5.41 Å². The molecule has 0 aliphatic carbocycles. The lowest BCUT2D eigenvalue weighted by atomic mass is 9.70. The summed E-state index contributed by atoms with van der Waals surface area (Å²) in [6, 6.07) is 33.4. The van der Waals surface area contributed by atoms with E-state index in [0.717, 1.165) is 6.42 Å². The van der Waals surface area contributed by atoms with Gasteiger partial charge in [0.1, 0.15) is 24.1 Å². The molecule has 1 aromatic heterocycles. The first kappa shape index (κ1) is 33.8. The number of para-hydroxylation sites is 1. The minimum Gasteiger partial charge on any atom is -0.233 e. The van der Waals surface area contributed by atoms with Crippen molar-refractivity contribution in [2.24, 2.45) is 0 Å². The quantitative estimate of drug-likeness (QED) is 0.0635. The van der Waals surface area contributed by atoms with Gasteiger partial charge in [-0.25, -0.2) is 9.13 Å². The molecule has 1 heterocycles. The maximum atomic E-state index is 2.51. The second kappa shape index (κ2) is 19.3. The fourth-order valence-electron chi connectivity index (χ4n) is 7.06. The van der Waals surface area contributed by atoms with Crippen LogP contribution in [-0.4, -0.2) is 4.57 Å². The lowest BCUT2D eigenvalue weighted by molar-refractivity contribution is -0.732. The van der Waals surface area contributed by atoms with Crippen LogP contribution in [0.5, 0.6) is 0 Å². The lowest BCUT2D eigenvalue weighted by Crippen LogP contribution is -2.50. The first-order chi connectivity index (χ1) is 21.7. The van der Waals surface area contributed by atoms with E-state index in [0.29, 0.717) is 6.04 Å². The number of rotatable bonds is 22. The highest BCUT2D eigenvalue weighted by Crippen LogP contribution is 2.39. The van der Waals surface area contributed by atoms with Crippen molar-refractivity contribution in [2.75, 3.05) is 0 Å². The van der Waals surface area contributed by atoms with Crippen molar-refractivity contribution in [3.05, 3.63) is 121 Å². The SMILES string of the molecule is CCCCCCCCCCCCCCCCCC([n+]1ccn(-c2ccccc2)c1)C(C)(Cc1ccccc1)c1ccccc1. The van der Waals surface area contributed by atoms with Gasteiger partial charge in [0.15, 0.2) is 0 Å². The van der Waals surface area contributed by atoms with Crippen LogP contribution < -0.4 is 4.57 Å². The number of aromatic nitrogens is 2. The first-order valence-electron chi connectivity index (χ1n) is 17.9. The number of unbranched alkanes of at least 4 members (excludes halogenated alkanes) is 14. The number of nitrogens with zero attached hydrogens (tertiary/aromatic N) is 2. The maximum absolute atomic E-state index is 2.51. The van der Waals surface area contributed by atoms with Gasteiger partial charge in [0.25, 0.3) is 0 Å². The number of benzene rings is 3. The van der Waals surface area contributed by atoms with E-state index in [9.17, 15) is 0 Å². The fourth-order valence-corrected chi connectivity index (χ4v) is 7.06. The van der Waals surface area contributed by atoms with E-state index in [4.69, 9.17) is 0 Å². The summed E-state index contributed by atoms with van der Waals surface area (Å²) in [5.41, 5.74) is 4.01. The number of hydrogen-bond donors (Lipinski definition) is 0. The molecule has 0 saturated carbocycles. The Kier molecular flexibility index (Phi) is 14.8. The van der Waals surface area contributed by atoms with Gasteiger partial charge in [-0.3, -0.25) is 0 Å². The van der Waals surface area contributed by atoms with Crippen molar-refractivity contribution in [1.82, 2.24) is 4.57 Å². The van der Waals surface area contributed by atoms with Crippen LogP contribution in [0.25, 0.3) is 5.69 Å². The molecule has 2 atom stereocenters. The average Bonchev–Trinajstić information content (AvgIpc) is 3.56. The summed E-state index contributed by atoms with van der Waals surface area (Å²) in [4.78, 5) is 0. The van der Waals surface area contributed by atoms with E-state index < -0.39 is 0 Å². The van der Waals surface area contributed by atoms with E-state index in [-0.39, 0.29) is 5.41 Å². The van der Waals surface area contributed by atoms with Gasteiger partial charge < -0.3 is 0 Å². The van der Waals surface area contributed by atoms with Crippen LogP contribution in [0.2, 0.25) is 0 Å². The zero-order valence-electron chi connectivity index (χ0n) is 27.9. The topological polar surface area (TPSA) is 8.81 Å². The molecule has 0 spiro atoms. The zero-order chi connectivity index (χ0) is 30.7. The minimum atomic E-state index is -0.0356. The van der Waals surface area contributed by atoms with Crippen LogP contribution in [0.1, 0.15) is 134 Å². The summed E-state index contributed by atoms with van der Waals surface area (Å²) in [5.74, 6) is 0. The van der Waals surface area contributed by atoms with Crippen LogP contribution in [0.4, 0.5) is 0 Å². The van der Waals surface area contributed by atoms with Crippen LogP contribution in [0.3, 0.4) is 0 Å². The molecule has 0 fully saturated rings. The molecule has 44 heavy (non-hydrogen) atoms. The second-order valence-electron chi connectivity index (χ2n) is 13.3. The van der Waals surface area contributed by atoms with Crippen LogP contribution >= 0.6 is 0 Å². The van der Waals surface area contributed by atoms with Crippen molar-refractivity contribution in [3.63, 3.8) is 0 Å². The predicted molar refractivity (Wildman–Crippen MR) is 188 cm³/mol. The summed E-state index contributed by atoms with van der Waals surface area (Å²) in [7, 11) is 0. The third-order valence-electron chi connectivity index (χ3n) is 9.74. The molecule has 0 saturated heterocycles. The largest absolute Gasteiger partial charge is 0.249 e. The van der Waals surface area contributed by atoms with Crippen molar-refractivity contribution >= 4 is 0 Å². The van der Waals surface area contributed by atoms with Crippen molar-refractivity contribution in [1.29, 1.82) is 0 Å². The molecule has 0 radical (unpaired) electrons. The molecule has 0 bridgehead atoms. The Morgan fingerprint density at radius 1 is 0.591 bits per heavy atom. The molecule has 2 heteroatoms. The Morgan fingerprint density at radius 3 is 1.61 bits per heavy atom. The minimum absolute atomic E-state index is 0.0356. The molecule has 2 nitrogen and oxygen atoms in total. The number of hydrogen-bond acceptors (Lipinski definition) is 0. The molecule has 4 rings (SSSR count). The van der Waals surface area contributed by atoms with E-state index in [1.807, 2.05) is 0 Å². The normalized spacial score (nSPS) is 13.5. The van der Waals surface area contributed by atoms with Crippen LogP contribution in [0.15, 0.2) is 110 Å². The first-order valence-corrected chi connectivity index (χ1v) is 17.9. The molecule has 0 amide bonds. The molecule has 0 N–H and O–H groups in total. The smallest absolute Gasteiger partial charge is 0.233 e. The van der Waals surface area contributed by atoms with Gasteiger partial charge in [0.05, 0.1) is 0 Å². The summed E-state index contributed by atoms with van der Waals surface area (Å²) >= 11 is 0. The summed E-state index contributed by atoms with van der Waals surface area (Å²) < 4.78 is 4.78. The third kappa shape index (κ3) is 10.8. The Bertz CT molecular complexity index is 1260. The van der Waals surface area contributed by atoms with Crippen molar-refractivity contribution in [2.45, 2.75) is 134 Å². The third-order valence-corrected chi connectivity index (χ3v) is 9.74. The van der Waals surface area contributed by atoms with E-state index in [2.05, 4.69) is 133 Å². The van der Waals surface area contributed by atoms with E-state index in [1.54, 1.807) is 0 Å². The van der Waals surface area contributed by atoms with Crippen LogP contribution in [-0.2, 0) is 11.8 Å². The van der Waals surface area contributed by atoms with Gasteiger partial charge in [0.2, 0.25) is 6.33 Å². The molecule has 236 valence electrons. The Morgan fingerprint density at radius 2 is 1.07 bits per heavy atom. The molecule has 2 unspecified atom stereocenters. The number of imidazole rings is 1. The predicted octanol–water partition coefficient (Wildman–Crippen LogP) is 11.8. The van der Waals surface area contributed by atoms with Crippen molar-refractivity contribution in [3.8, 4) is 5.69 Å². The van der Waals surface area contributed by atoms with Crippen molar-refractivity contribution < 1.29 is 4.57 Å². The molecule has 0 aliphatic heterocycles. The van der Waals surface area contributed by atoms with Gasteiger partial charge in [-0.05, 0) is 42.5 Å². The summed E-state index contributed by atoms with van der Waals surface area (Å²) in [6.07, 6.45) is 30.1. The fraction of sp³-hybridized carbons (Fsp3) is 0.500. The zero-order valence-corrected chi connectivity index (χ0v) is 27.9. The molecule has 3 aromatic carbocycles. The standard InChI is InChI=1S/C42H59N2/c1-3-4-5-6-7-8-9-10-11-12-13-14-15-16-26-33-41(44-35-34-43(37-44)40-31-24-19-25-32-40)42(2,39-29-22-18-23-30-39)36-38-27-20-17-21-28-38/h17-25,27-32,34-35,37,41H,3-16,26,33,36H2,1-2H3/q+1. The van der Waals surface area contributed by atoms with Crippen LogP contribution in [0, 0.1) is 0 Å². The van der Waals surface area contributed by atoms with Gasteiger partial charge in [-0.1, -0.05) is 183 Å². The maximum Gasteiger partial charge on any atom is 0.249 e. The molecular weight excluding hydrogens is 532 g/mol. The second-order valence-corrected chi connectivity index (χ2v) is 13.3. The molecular formula is C42H59N2+. The molecule has 0 aliphatic rings. The Hall–Kier alpha value is -3.13. The van der Waals surface area contributed by atoms with E-state index >= 15 is 0 Å². The highest BCUT2D eigenvalue weighted by Gasteiger charge is 2.40. The summed E-state index contributed by atoms with van der Waals surface area (Å²) in [6.45, 7) is 4.80.